The highest BCUT2D eigenvalue weighted by atomic mass is 16.5. The van der Waals surface area contributed by atoms with Crippen LogP contribution in [0.5, 0.6) is 5.75 Å². The first kappa shape index (κ1) is 13.4. The molecule has 0 fully saturated rings. The fourth-order valence-corrected chi connectivity index (χ4v) is 2.11. The first-order valence-corrected chi connectivity index (χ1v) is 6.93. The third kappa shape index (κ3) is 3.14. The normalized spacial score (nSPS) is 10.6. The molecular formula is C18H17NO2. The lowest BCUT2D eigenvalue weighted by Crippen LogP contribution is -1.95. The molecule has 106 valence electrons. The lowest BCUT2D eigenvalue weighted by molar-refractivity contribution is 0.248. The Balaban J connectivity index is 1.71. The number of hydrogen-bond acceptors (Lipinski definition) is 3. The van der Waals surface area contributed by atoms with Gasteiger partial charge in [-0.15, -0.1) is 0 Å². The monoisotopic (exact) mass is 279 g/mol. The van der Waals surface area contributed by atoms with Crippen LogP contribution in [0.4, 0.5) is 0 Å². The molecule has 21 heavy (non-hydrogen) atoms. The predicted molar refractivity (Wildman–Crippen MR) is 82.2 cm³/mol. The van der Waals surface area contributed by atoms with Crippen LogP contribution >= 0.6 is 0 Å². The third-order valence-corrected chi connectivity index (χ3v) is 3.37. The molecule has 0 saturated carbocycles. The molecule has 0 aliphatic heterocycles. The molecule has 1 heterocycles. The molecule has 0 aliphatic carbocycles. The minimum Gasteiger partial charge on any atom is -0.485 e. The van der Waals surface area contributed by atoms with E-state index in [1.165, 1.54) is 5.56 Å². The van der Waals surface area contributed by atoms with Crippen molar-refractivity contribution in [2.75, 3.05) is 0 Å². The quantitative estimate of drug-likeness (QED) is 0.703. The zero-order valence-electron chi connectivity index (χ0n) is 12.2. The maximum atomic E-state index is 5.76. The first-order valence-electron chi connectivity index (χ1n) is 6.93. The second-order valence-electron chi connectivity index (χ2n) is 5.10. The Labute approximate surface area is 124 Å². The minimum atomic E-state index is 0.379. The number of rotatable bonds is 4. The van der Waals surface area contributed by atoms with Crippen LogP contribution in [0.25, 0.3) is 11.3 Å². The van der Waals surface area contributed by atoms with Gasteiger partial charge in [0.1, 0.15) is 18.1 Å². The van der Waals surface area contributed by atoms with Crippen molar-refractivity contribution in [2.24, 2.45) is 0 Å². The van der Waals surface area contributed by atoms with Gasteiger partial charge in [0.2, 0.25) is 0 Å². The van der Waals surface area contributed by atoms with Crippen molar-refractivity contribution in [2.45, 2.75) is 20.5 Å². The number of ether oxygens (including phenoxy) is 1. The minimum absolute atomic E-state index is 0.379. The van der Waals surface area contributed by atoms with E-state index in [1.54, 1.807) is 0 Å². The third-order valence-electron chi connectivity index (χ3n) is 3.37. The van der Waals surface area contributed by atoms with Gasteiger partial charge in [0, 0.05) is 11.6 Å². The van der Waals surface area contributed by atoms with Crippen LogP contribution in [0.2, 0.25) is 0 Å². The molecule has 0 aliphatic rings. The largest absolute Gasteiger partial charge is 0.485 e. The van der Waals surface area contributed by atoms with E-state index in [1.807, 2.05) is 49.4 Å². The van der Waals surface area contributed by atoms with Crippen molar-refractivity contribution in [1.82, 2.24) is 5.16 Å². The van der Waals surface area contributed by atoms with Crippen molar-refractivity contribution in [1.29, 1.82) is 0 Å². The number of nitrogens with zero attached hydrogens (tertiary/aromatic N) is 1. The molecule has 3 nitrogen and oxygen atoms in total. The SMILES string of the molecule is Cc1ccc(-c2cc(COc3ccccc3C)on2)cc1. The molecule has 0 unspecified atom stereocenters. The van der Waals surface area contributed by atoms with Gasteiger partial charge in [0.15, 0.2) is 5.76 Å². The molecule has 0 bridgehead atoms. The summed E-state index contributed by atoms with van der Waals surface area (Å²) in [5.41, 5.74) is 4.21. The van der Waals surface area contributed by atoms with E-state index < -0.39 is 0 Å². The molecule has 0 spiro atoms. The Hall–Kier alpha value is -2.55. The van der Waals surface area contributed by atoms with Gasteiger partial charge in [0.05, 0.1) is 0 Å². The molecule has 0 N–H and O–H groups in total. The van der Waals surface area contributed by atoms with Crippen molar-refractivity contribution in [3.8, 4) is 17.0 Å². The zero-order valence-corrected chi connectivity index (χ0v) is 12.2. The van der Waals surface area contributed by atoms with Crippen LogP contribution in [0.1, 0.15) is 16.9 Å². The van der Waals surface area contributed by atoms with Gasteiger partial charge >= 0.3 is 0 Å². The van der Waals surface area contributed by atoms with Crippen LogP contribution < -0.4 is 4.74 Å². The van der Waals surface area contributed by atoms with Gasteiger partial charge < -0.3 is 9.26 Å². The Morgan fingerprint density at radius 1 is 1.00 bits per heavy atom. The average molecular weight is 279 g/mol. The van der Waals surface area contributed by atoms with Gasteiger partial charge in [-0.1, -0.05) is 53.2 Å². The summed E-state index contributed by atoms with van der Waals surface area (Å²) >= 11 is 0. The molecule has 0 radical (unpaired) electrons. The lowest BCUT2D eigenvalue weighted by atomic mass is 10.1. The standard InChI is InChI=1S/C18H17NO2/c1-13-7-9-15(10-8-13)17-11-16(21-19-17)12-20-18-6-4-3-5-14(18)2/h3-11H,12H2,1-2H3. The molecule has 1 aromatic heterocycles. The maximum absolute atomic E-state index is 5.76. The van der Waals surface area contributed by atoms with Gasteiger partial charge in [-0.05, 0) is 25.5 Å². The molecule has 3 rings (SSSR count). The summed E-state index contributed by atoms with van der Waals surface area (Å²) in [5, 5.41) is 4.10. The fourth-order valence-electron chi connectivity index (χ4n) is 2.11. The molecular weight excluding hydrogens is 262 g/mol. The Morgan fingerprint density at radius 3 is 2.52 bits per heavy atom. The van der Waals surface area contributed by atoms with Gasteiger partial charge in [-0.25, -0.2) is 0 Å². The summed E-state index contributed by atoms with van der Waals surface area (Å²) in [6, 6.07) is 18.1. The van der Waals surface area contributed by atoms with Crippen molar-refractivity contribution >= 4 is 0 Å². The highest BCUT2D eigenvalue weighted by molar-refractivity contribution is 5.59. The second kappa shape index (κ2) is 5.83. The van der Waals surface area contributed by atoms with E-state index in [-0.39, 0.29) is 0 Å². The Bertz CT molecular complexity index is 729. The maximum Gasteiger partial charge on any atom is 0.174 e. The summed E-state index contributed by atoms with van der Waals surface area (Å²) < 4.78 is 11.1. The van der Waals surface area contributed by atoms with E-state index >= 15 is 0 Å². The highest BCUT2D eigenvalue weighted by Crippen LogP contribution is 2.22. The fraction of sp³-hybridized carbons (Fsp3) is 0.167. The number of para-hydroxylation sites is 1. The van der Waals surface area contributed by atoms with Crippen LogP contribution in [-0.4, -0.2) is 5.16 Å². The zero-order chi connectivity index (χ0) is 14.7. The van der Waals surface area contributed by atoms with E-state index in [0.717, 1.165) is 22.6 Å². The summed E-state index contributed by atoms with van der Waals surface area (Å²) in [6.07, 6.45) is 0. The topological polar surface area (TPSA) is 35.3 Å². The second-order valence-corrected chi connectivity index (χ2v) is 5.10. The van der Waals surface area contributed by atoms with Crippen molar-refractivity contribution in [3.05, 3.63) is 71.5 Å². The van der Waals surface area contributed by atoms with Crippen LogP contribution in [0.15, 0.2) is 59.1 Å². The first-order chi connectivity index (χ1) is 10.2. The number of aromatic nitrogens is 1. The number of benzene rings is 2. The van der Waals surface area contributed by atoms with E-state index in [4.69, 9.17) is 9.26 Å². The van der Waals surface area contributed by atoms with E-state index in [2.05, 4.69) is 24.2 Å². The van der Waals surface area contributed by atoms with Crippen LogP contribution in [0.3, 0.4) is 0 Å². The summed E-state index contributed by atoms with van der Waals surface area (Å²) in [7, 11) is 0. The van der Waals surface area contributed by atoms with Gasteiger partial charge in [0.25, 0.3) is 0 Å². The van der Waals surface area contributed by atoms with E-state index in [9.17, 15) is 0 Å². The predicted octanol–water partition coefficient (Wildman–Crippen LogP) is 4.54. The molecule has 3 aromatic rings. The van der Waals surface area contributed by atoms with Crippen molar-refractivity contribution < 1.29 is 9.26 Å². The number of aryl methyl sites for hydroxylation is 2. The molecule has 0 amide bonds. The Kier molecular flexibility index (Phi) is 3.73. The molecule has 0 saturated heterocycles. The summed E-state index contributed by atoms with van der Waals surface area (Å²) in [5.74, 6) is 1.58. The van der Waals surface area contributed by atoms with Gasteiger partial charge in [-0.3, -0.25) is 0 Å². The smallest absolute Gasteiger partial charge is 0.174 e. The van der Waals surface area contributed by atoms with Crippen molar-refractivity contribution in [3.63, 3.8) is 0 Å². The number of hydrogen-bond donors (Lipinski definition) is 0. The van der Waals surface area contributed by atoms with Gasteiger partial charge in [-0.2, -0.15) is 0 Å². The molecule has 3 heteroatoms. The van der Waals surface area contributed by atoms with E-state index in [0.29, 0.717) is 12.4 Å². The Morgan fingerprint density at radius 2 is 1.76 bits per heavy atom. The highest BCUT2D eigenvalue weighted by Gasteiger charge is 2.07. The summed E-state index contributed by atoms with van der Waals surface area (Å²) in [4.78, 5) is 0. The van der Waals surface area contributed by atoms with Crippen LogP contribution in [-0.2, 0) is 6.61 Å². The summed E-state index contributed by atoms with van der Waals surface area (Å²) in [6.45, 7) is 4.46. The molecule has 2 aromatic carbocycles. The average Bonchev–Trinajstić information content (AvgIpc) is 2.96. The lowest BCUT2D eigenvalue weighted by Gasteiger charge is -2.05. The van der Waals surface area contributed by atoms with Crippen LogP contribution in [0, 0.1) is 13.8 Å². The molecule has 0 atom stereocenters.